The summed E-state index contributed by atoms with van der Waals surface area (Å²) < 4.78 is 27.1. The molecule has 0 bridgehead atoms. The number of ether oxygens (including phenoxy) is 2. The minimum Gasteiger partial charge on any atom is -0.497 e. The van der Waals surface area contributed by atoms with Crippen molar-refractivity contribution in [2.24, 2.45) is 0 Å². The monoisotopic (exact) mass is 442 g/mol. The van der Waals surface area contributed by atoms with E-state index in [1.807, 2.05) is 39.8 Å². The quantitative estimate of drug-likeness (QED) is 0.575. The summed E-state index contributed by atoms with van der Waals surface area (Å²) in [5.41, 5.74) is 2.24. The SMILES string of the molecule is C.COc1ccc(C=O)c(B2OC(C)(C)C(C)(C)O2)c1.COc1ccc2c(c1)B(O)OC2. The van der Waals surface area contributed by atoms with Crippen LogP contribution >= 0.6 is 0 Å². The van der Waals surface area contributed by atoms with Gasteiger partial charge in [0.2, 0.25) is 0 Å². The molecule has 1 N–H and O–H groups in total. The topological polar surface area (TPSA) is 83.5 Å². The highest BCUT2D eigenvalue weighted by atomic mass is 16.7. The minimum absolute atomic E-state index is 0. The van der Waals surface area contributed by atoms with E-state index in [1.54, 1.807) is 38.5 Å². The third kappa shape index (κ3) is 5.18. The minimum atomic E-state index is -0.782. The van der Waals surface area contributed by atoms with Crippen molar-refractivity contribution in [2.75, 3.05) is 14.2 Å². The number of carbonyl (C=O) groups is 1. The van der Waals surface area contributed by atoms with Crippen LogP contribution in [-0.4, -0.2) is 51.0 Å². The van der Waals surface area contributed by atoms with Gasteiger partial charge in [-0.1, -0.05) is 13.5 Å². The molecule has 0 aliphatic carbocycles. The van der Waals surface area contributed by atoms with Crippen molar-refractivity contribution >= 4 is 31.4 Å². The average Bonchev–Trinajstić information content (AvgIpc) is 3.22. The third-order valence-electron chi connectivity index (χ3n) is 5.94. The highest BCUT2D eigenvalue weighted by Crippen LogP contribution is 2.36. The number of aldehydes is 1. The molecule has 2 aromatic carbocycles. The maximum absolute atomic E-state index is 11.2. The van der Waals surface area contributed by atoms with E-state index in [0.717, 1.165) is 23.1 Å². The Bertz CT molecular complexity index is 930. The first-order valence-electron chi connectivity index (χ1n) is 10.1. The Balaban J connectivity index is 0.000000241. The number of hydrogen-bond acceptors (Lipinski definition) is 7. The van der Waals surface area contributed by atoms with Crippen LogP contribution in [0.2, 0.25) is 0 Å². The van der Waals surface area contributed by atoms with Gasteiger partial charge in [-0.25, -0.2) is 0 Å². The molecule has 2 aromatic rings. The molecule has 0 atom stereocenters. The van der Waals surface area contributed by atoms with Crippen LogP contribution in [0.1, 0.15) is 51.0 Å². The van der Waals surface area contributed by atoms with Crippen LogP contribution in [0.15, 0.2) is 36.4 Å². The first-order chi connectivity index (χ1) is 14.6. The van der Waals surface area contributed by atoms with Gasteiger partial charge < -0.3 is 28.5 Å². The van der Waals surface area contributed by atoms with Crippen molar-refractivity contribution < 1.29 is 33.3 Å². The van der Waals surface area contributed by atoms with E-state index in [1.165, 1.54) is 0 Å². The van der Waals surface area contributed by atoms with Crippen molar-refractivity contribution in [3.05, 3.63) is 47.5 Å². The van der Waals surface area contributed by atoms with Crippen molar-refractivity contribution in [1.29, 1.82) is 0 Å². The van der Waals surface area contributed by atoms with E-state index in [0.29, 0.717) is 23.4 Å². The van der Waals surface area contributed by atoms with E-state index in [4.69, 9.17) is 23.4 Å². The molecule has 2 aliphatic heterocycles. The fourth-order valence-corrected chi connectivity index (χ4v) is 3.28. The van der Waals surface area contributed by atoms with Gasteiger partial charge in [0.05, 0.1) is 32.0 Å². The van der Waals surface area contributed by atoms with Crippen molar-refractivity contribution in [3.8, 4) is 11.5 Å². The molecular weight excluding hydrogens is 410 g/mol. The van der Waals surface area contributed by atoms with Crippen LogP contribution in [0.3, 0.4) is 0 Å². The molecule has 7 nitrogen and oxygen atoms in total. The van der Waals surface area contributed by atoms with Crippen LogP contribution in [-0.2, 0) is 20.6 Å². The molecule has 2 aliphatic rings. The van der Waals surface area contributed by atoms with Gasteiger partial charge in [0.15, 0.2) is 0 Å². The predicted octanol–water partition coefficient (Wildman–Crippen LogP) is 2.36. The van der Waals surface area contributed by atoms with E-state index in [2.05, 4.69) is 0 Å². The van der Waals surface area contributed by atoms with Gasteiger partial charge in [0, 0.05) is 5.56 Å². The summed E-state index contributed by atoms with van der Waals surface area (Å²) in [7, 11) is 1.85. The van der Waals surface area contributed by atoms with Gasteiger partial charge >= 0.3 is 14.2 Å². The standard InChI is InChI=1S/C14H19BO4.C8H9BO3.CH4/c1-13(2)14(3,4)19-15(18-13)12-8-11(17-5)7-6-10(12)9-16;1-11-7-3-2-6-5-12-9(10)8(6)4-7;/h6-9H,1-5H3;2-4,10H,5H2,1H3;1H4. The zero-order valence-electron chi connectivity index (χ0n) is 18.8. The largest absolute Gasteiger partial charge is 0.497 e. The molecule has 9 heteroatoms. The number of fused-ring (bicyclic) bond motifs is 1. The van der Waals surface area contributed by atoms with Crippen LogP contribution < -0.4 is 20.4 Å². The second-order valence-corrected chi connectivity index (χ2v) is 8.43. The maximum atomic E-state index is 11.2. The van der Waals surface area contributed by atoms with Crippen LogP contribution in [0.25, 0.3) is 0 Å². The Morgan fingerprint density at radius 2 is 1.47 bits per heavy atom. The number of hydrogen-bond donors (Lipinski definition) is 1. The molecule has 0 spiro atoms. The summed E-state index contributed by atoms with van der Waals surface area (Å²) in [6.45, 7) is 8.41. The summed E-state index contributed by atoms with van der Waals surface area (Å²) >= 11 is 0. The van der Waals surface area contributed by atoms with Gasteiger partial charge in [-0.3, -0.25) is 4.79 Å². The summed E-state index contributed by atoms with van der Waals surface area (Å²) in [5, 5.41) is 9.32. The lowest BCUT2D eigenvalue weighted by molar-refractivity contribution is 0.00578. The molecule has 172 valence electrons. The summed E-state index contributed by atoms with van der Waals surface area (Å²) in [6.07, 6.45) is 0.805. The highest BCUT2D eigenvalue weighted by molar-refractivity contribution is 6.63. The normalized spacial score (nSPS) is 17.6. The first kappa shape index (κ1) is 25.9. The predicted molar refractivity (Wildman–Crippen MR) is 126 cm³/mol. The molecule has 32 heavy (non-hydrogen) atoms. The fourth-order valence-electron chi connectivity index (χ4n) is 3.28. The van der Waals surface area contributed by atoms with E-state index < -0.39 is 25.4 Å². The van der Waals surface area contributed by atoms with Gasteiger partial charge in [-0.05, 0) is 74.5 Å². The Morgan fingerprint density at radius 1 is 0.938 bits per heavy atom. The highest BCUT2D eigenvalue weighted by Gasteiger charge is 2.52. The summed E-state index contributed by atoms with van der Waals surface area (Å²) in [5.74, 6) is 1.42. The molecule has 1 fully saturated rings. The molecule has 1 saturated heterocycles. The van der Waals surface area contributed by atoms with E-state index in [-0.39, 0.29) is 7.43 Å². The number of benzene rings is 2. The summed E-state index contributed by atoms with van der Waals surface area (Å²) in [6, 6.07) is 10.8. The average molecular weight is 442 g/mol. The van der Waals surface area contributed by atoms with Gasteiger partial charge in [0.1, 0.15) is 17.8 Å². The zero-order chi connectivity index (χ0) is 22.8. The van der Waals surface area contributed by atoms with Gasteiger partial charge in [-0.2, -0.15) is 0 Å². The van der Waals surface area contributed by atoms with E-state index >= 15 is 0 Å². The molecule has 0 radical (unpaired) electrons. The van der Waals surface area contributed by atoms with Crippen molar-refractivity contribution in [1.82, 2.24) is 0 Å². The first-order valence-corrected chi connectivity index (χ1v) is 10.1. The van der Waals surface area contributed by atoms with Crippen LogP contribution in [0, 0.1) is 0 Å². The molecule has 0 aromatic heterocycles. The molecule has 0 amide bonds. The van der Waals surface area contributed by atoms with Crippen LogP contribution in [0.4, 0.5) is 0 Å². The van der Waals surface area contributed by atoms with Gasteiger partial charge in [-0.15, -0.1) is 0 Å². The number of methoxy groups -OCH3 is 2. The van der Waals surface area contributed by atoms with Crippen LogP contribution in [0.5, 0.6) is 11.5 Å². The lowest BCUT2D eigenvalue weighted by Gasteiger charge is -2.32. The lowest BCUT2D eigenvalue weighted by Crippen LogP contribution is -2.41. The zero-order valence-corrected chi connectivity index (χ0v) is 18.8. The second kappa shape index (κ2) is 10.1. The Labute approximate surface area is 191 Å². The second-order valence-electron chi connectivity index (χ2n) is 8.43. The molecule has 4 rings (SSSR count). The molecule has 0 unspecified atom stereocenters. The lowest BCUT2D eigenvalue weighted by atomic mass is 9.76. The summed E-state index contributed by atoms with van der Waals surface area (Å²) in [4.78, 5) is 11.2. The molecule has 0 saturated carbocycles. The Kier molecular flexibility index (Phi) is 8.17. The maximum Gasteiger partial charge on any atom is 0.495 e. The Morgan fingerprint density at radius 3 is 2.00 bits per heavy atom. The smallest absolute Gasteiger partial charge is 0.495 e. The van der Waals surface area contributed by atoms with Gasteiger partial charge in [0.25, 0.3) is 0 Å². The molecular formula is C23H32B2O7. The van der Waals surface area contributed by atoms with Crippen molar-refractivity contribution in [3.63, 3.8) is 0 Å². The molecule has 2 heterocycles. The van der Waals surface area contributed by atoms with Crippen molar-refractivity contribution in [2.45, 2.75) is 52.9 Å². The third-order valence-corrected chi connectivity index (χ3v) is 5.94. The fraction of sp³-hybridized carbons (Fsp3) is 0.435. The van der Waals surface area contributed by atoms with E-state index in [9.17, 15) is 9.82 Å². The number of carbonyl (C=O) groups excluding carboxylic acids is 1. The Hall–Kier alpha value is -2.32. The number of rotatable bonds is 4.